The van der Waals surface area contributed by atoms with Gasteiger partial charge < -0.3 is 5.32 Å². The van der Waals surface area contributed by atoms with Crippen LogP contribution in [0.2, 0.25) is 0 Å². The molecule has 4 heteroatoms. The summed E-state index contributed by atoms with van der Waals surface area (Å²) in [6.45, 7) is 7.70. The van der Waals surface area contributed by atoms with E-state index in [9.17, 15) is 8.78 Å². The fourth-order valence-electron chi connectivity index (χ4n) is 2.57. The predicted octanol–water partition coefficient (Wildman–Crippen LogP) is 6.33. The minimum Gasteiger partial charge on any atom is -0.356 e. The first kappa shape index (κ1) is 18.4. The maximum Gasteiger partial charge on any atom is 0.143 e. The minimum atomic E-state index is -1.19. The van der Waals surface area contributed by atoms with Gasteiger partial charge in [-0.05, 0) is 39.2 Å². The van der Waals surface area contributed by atoms with E-state index in [-0.39, 0.29) is 17.9 Å². The molecule has 3 rings (SSSR count). The highest BCUT2D eigenvalue weighted by molar-refractivity contribution is 9.10. The van der Waals surface area contributed by atoms with Crippen LogP contribution >= 0.6 is 15.9 Å². The second-order valence-electron chi connectivity index (χ2n) is 5.14. The number of rotatable bonds is 2. The first-order valence-electron chi connectivity index (χ1n) is 7.90. The van der Waals surface area contributed by atoms with Gasteiger partial charge in [0.05, 0.1) is 5.70 Å². The monoisotopic (exact) mass is 391 g/mol. The number of halogens is 3. The highest BCUT2D eigenvalue weighted by atomic mass is 79.9. The summed E-state index contributed by atoms with van der Waals surface area (Å²) in [6, 6.07) is 14.2. The molecular formula is C20H20BrF2N. The van der Waals surface area contributed by atoms with Gasteiger partial charge in [-0.15, -0.1) is 0 Å². The van der Waals surface area contributed by atoms with E-state index >= 15 is 0 Å². The van der Waals surface area contributed by atoms with Crippen LogP contribution in [0.4, 0.5) is 8.78 Å². The summed E-state index contributed by atoms with van der Waals surface area (Å²) < 4.78 is 29.0. The SMILES string of the molecule is C=C1NC(c2c(F)cccc2Br)=C(c2ccccc2)CC1F.CC. The molecule has 0 amide bonds. The van der Waals surface area contributed by atoms with Crippen molar-refractivity contribution in [1.29, 1.82) is 0 Å². The molecular weight excluding hydrogens is 372 g/mol. The Morgan fingerprint density at radius 2 is 1.75 bits per heavy atom. The molecule has 2 aromatic carbocycles. The summed E-state index contributed by atoms with van der Waals surface area (Å²) in [5.41, 5.74) is 2.83. The molecule has 1 unspecified atom stereocenters. The van der Waals surface area contributed by atoms with Crippen LogP contribution in [-0.4, -0.2) is 6.17 Å². The van der Waals surface area contributed by atoms with Crippen LogP contribution in [-0.2, 0) is 0 Å². The maximum absolute atomic E-state index is 14.3. The normalized spacial score (nSPS) is 17.0. The van der Waals surface area contributed by atoms with Crippen LogP contribution in [0.5, 0.6) is 0 Å². The van der Waals surface area contributed by atoms with Gasteiger partial charge in [0, 0.05) is 22.2 Å². The first-order valence-corrected chi connectivity index (χ1v) is 8.70. The number of nitrogens with one attached hydrogen (secondary N) is 1. The molecule has 0 spiro atoms. The molecule has 0 saturated heterocycles. The largest absolute Gasteiger partial charge is 0.356 e. The van der Waals surface area contributed by atoms with E-state index in [1.165, 1.54) is 6.07 Å². The number of hydrogen-bond donors (Lipinski definition) is 1. The summed E-state index contributed by atoms with van der Waals surface area (Å²) in [6.07, 6.45) is -1.02. The van der Waals surface area contributed by atoms with E-state index in [2.05, 4.69) is 27.8 Å². The van der Waals surface area contributed by atoms with Crippen molar-refractivity contribution in [2.24, 2.45) is 0 Å². The van der Waals surface area contributed by atoms with Crippen LogP contribution in [0.3, 0.4) is 0 Å². The number of benzene rings is 2. The quantitative estimate of drug-likeness (QED) is 0.630. The average molecular weight is 392 g/mol. The predicted molar refractivity (Wildman–Crippen MR) is 100 cm³/mol. The Hall–Kier alpha value is -1.94. The average Bonchev–Trinajstić information content (AvgIpc) is 2.60. The zero-order valence-corrected chi connectivity index (χ0v) is 15.3. The van der Waals surface area contributed by atoms with E-state index in [0.29, 0.717) is 15.7 Å². The van der Waals surface area contributed by atoms with Crippen LogP contribution in [0, 0.1) is 5.82 Å². The van der Waals surface area contributed by atoms with Gasteiger partial charge in [0.2, 0.25) is 0 Å². The minimum absolute atomic E-state index is 0.173. The third-order valence-corrected chi connectivity index (χ3v) is 4.34. The lowest BCUT2D eigenvalue weighted by atomic mass is 9.91. The highest BCUT2D eigenvalue weighted by Gasteiger charge is 2.27. The van der Waals surface area contributed by atoms with Crippen molar-refractivity contribution in [2.75, 3.05) is 0 Å². The Morgan fingerprint density at radius 3 is 2.38 bits per heavy atom. The Balaban J connectivity index is 0.00000100. The molecule has 0 aliphatic carbocycles. The lowest BCUT2D eigenvalue weighted by Gasteiger charge is -2.28. The lowest BCUT2D eigenvalue weighted by molar-refractivity contribution is 0.374. The van der Waals surface area contributed by atoms with Gasteiger partial charge in [-0.3, -0.25) is 0 Å². The van der Waals surface area contributed by atoms with Gasteiger partial charge in [0.25, 0.3) is 0 Å². The third-order valence-electron chi connectivity index (χ3n) is 3.68. The fraction of sp³-hybridized carbons (Fsp3) is 0.200. The number of hydrogen-bond acceptors (Lipinski definition) is 1. The van der Waals surface area contributed by atoms with Gasteiger partial charge in [0.1, 0.15) is 12.0 Å². The molecule has 1 atom stereocenters. The zero-order valence-electron chi connectivity index (χ0n) is 13.7. The van der Waals surface area contributed by atoms with Crippen molar-refractivity contribution < 1.29 is 8.78 Å². The first-order chi connectivity index (χ1) is 11.6. The molecule has 0 fully saturated rings. The number of allylic oxidation sites excluding steroid dienone is 2. The van der Waals surface area contributed by atoms with Crippen molar-refractivity contribution in [3.05, 3.63) is 82.2 Å². The van der Waals surface area contributed by atoms with Gasteiger partial charge in [-0.2, -0.15) is 0 Å². The second-order valence-corrected chi connectivity index (χ2v) is 5.99. The molecule has 0 saturated carbocycles. The second kappa shape index (κ2) is 8.25. The summed E-state index contributed by atoms with van der Waals surface area (Å²) in [5.74, 6) is -0.365. The van der Waals surface area contributed by atoms with E-state index in [0.717, 1.165) is 11.1 Å². The summed E-state index contributed by atoms with van der Waals surface area (Å²) in [4.78, 5) is 0. The van der Waals surface area contributed by atoms with E-state index in [4.69, 9.17) is 0 Å². The van der Waals surface area contributed by atoms with Crippen molar-refractivity contribution in [3.63, 3.8) is 0 Å². The van der Waals surface area contributed by atoms with Crippen molar-refractivity contribution in [3.8, 4) is 0 Å². The summed E-state index contributed by atoms with van der Waals surface area (Å²) in [7, 11) is 0. The van der Waals surface area contributed by atoms with Gasteiger partial charge in [-0.1, -0.05) is 56.8 Å². The zero-order chi connectivity index (χ0) is 17.7. The van der Waals surface area contributed by atoms with Crippen LogP contribution in [0.1, 0.15) is 31.4 Å². The molecule has 126 valence electrons. The molecule has 1 aliphatic heterocycles. The fourth-order valence-corrected chi connectivity index (χ4v) is 3.11. The van der Waals surface area contributed by atoms with Crippen LogP contribution in [0.25, 0.3) is 11.3 Å². The Labute approximate surface area is 150 Å². The van der Waals surface area contributed by atoms with Crippen molar-refractivity contribution >= 4 is 27.2 Å². The molecule has 0 aromatic heterocycles. The van der Waals surface area contributed by atoms with Gasteiger partial charge >= 0.3 is 0 Å². The Kier molecular flexibility index (Phi) is 6.32. The Bertz CT molecular complexity index is 733. The lowest BCUT2D eigenvalue weighted by Crippen LogP contribution is -2.27. The van der Waals surface area contributed by atoms with E-state index in [1.54, 1.807) is 12.1 Å². The third kappa shape index (κ3) is 3.75. The maximum atomic E-state index is 14.3. The molecule has 24 heavy (non-hydrogen) atoms. The molecule has 0 bridgehead atoms. The summed E-state index contributed by atoms with van der Waals surface area (Å²) in [5, 5.41) is 2.95. The van der Waals surface area contributed by atoms with E-state index in [1.807, 2.05) is 44.2 Å². The molecule has 1 N–H and O–H groups in total. The van der Waals surface area contributed by atoms with Crippen molar-refractivity contribution in [1.82, 2.24) is 5.32 Å². The van der Waals surface area contributed by atoms with E-state index < -0.39 is 6.17 Å². The molecule has 0 radical (unpaired) electrons. The standard InChI is InChI=1S/C18H14BrF2N.C2H6/c1-11-16(21)10-13(12-6-3-2-4-7-12)18(22-11)17-14(19)8-5-9-15(17)20;1-2/h2-9,16,22H,1,10H2;1-2H3. The number of alkyl halides is 1. The molecule has 1 heterocycles. The van der Waals surface area contributed by atoms with Gasteiger partial charge in [-0.25, -0.2) is 8.78 Å². The molecule has 1 aliphatic rings. The van der Waals surface area contributed by atoms with Crippen molar-refractivity contribution in [2.45, 2.75) is 26.4 Å². The van der Waals surface area contributed by atoms with Crippen LogP contribution in [0.15, 0.2) is 65.3 Å². The Morgan fingerprint density at radius 1 is 1.08 bits per heavy atom. The van der Waals surface area contributed by atoms with Gasteiger partial charge in [0.15, 0.2) is 0 Å². The molecule has 1 nitrogen and oxygen atoms in total. The summed E-state index contributed by atoms with van der Waals surface area (Å²) >= 11 is 3.38. The highest BCUT2D eigenvalue weighted by Crippen LogP contribution is 2.38. The topological polar surface area (TPSA) is 12.0 Å². The smallest absolute Gasteiger partial charge is 0.143 e. The van der Waals surface area contributed by atoms with Crippen LogP contribution < -0.4 is 5.32 Å². The molecule has 2 aromatic rings.